The molecule has 1 N–H and O–H groups in total. The van der Waals surface area contributed by atoms with Crippen molar-refractivity contribution >= 4 is 34.5 Å². The minimum atomic E-state index is -5.08. The zero-order valence-corrected chi connectivity index (χ0v) is 10.8. The van der Waals surface area contributed by atoms with E-state index in [0.717, 1.165) is 11.3 Å². The van der Waals surface area contributed by atoms with Crippen molar-refractivity contribution in [3.8, 4) is 0 Å². The van der Waals surface area contributed by atoms with Crippen LogP contribution in [0.15, 0.2) is 35.3 Å². The maximum absolute atomic E-state index is 11.6. The maximum Gasteiger partial charge on any atom is 0.490 e. The number of carboxylic acids is 1. The molecule has 0 amide bonds. The summed E-state index contributed by atoms with van der Waals surface area (Å²) < 4.78 is 31.7. The molecular formula is C14H8F3NO4. The first-order valence-corrected chi connectivity index (χ1v) is 5.96. The van der Waals surface area contributed by atoms with Gasteiger partial charge in [0.25, 0.3) is 0 Å². The zero-order valence-electron chi connectivity index (χ0n) is 10.8. The second-order valence-corrected chi connectivity index (χ2v) is 4.40. The monoisotopic (exact) mass is 311 g/mol. The molecule has 0 saturated heterocycles. The van der Waals surface area contributed by atoms with Gasteiger partial charge in [-0.1, -0.05) is 18.2 Å². The highest BCUT2D eigenvalue weighted by molar-refractivity contribution is 6.63. The number of hydrogen-bond donors (Lipinski definition) is 1. The lowest BCUT2D eigenvalue weighted by molar-refractivity contribution is -0.192. The van der Waals surface area contributed by atoms with Gasteiger partial charge in [-0.15, -0.1) is 0 Å². The standard InChI is InChI=1S/C12H7NO2.C2HF3O2/c14-7-5-9-8-3-1-2-4-10(8)13-12(9)11(15)6-7;3-2(4,5)1(6)7/h1-5H,6H2;(H,6,7). The first-order chi connectivity index (χ1) is 10.2. The van der Waals surface area contributed by atoms with E-state index in [0.29, 0.717) is 11.3 Å². The first kappa shape index (κ1) is 15.6. The van der Waals surface area contributed by atoms with Crippen molar-refractivity contribution in [3.05, 3.63) is 35.9 Å². The second-order valence-electron chi connectivity index (χ2n) is 4.40. The van der Waals surface area contributed by atoms with Crippen LogP contribution in [0.4, 0.5) is 18.9 Å². The maximum atomic E-state index is 11.6. The minimum Gasteiger partial charge on any atom is -0.475 e. The normalized spacial score (nSPS) is 16.0. The van der Waals surface area contributed by atoms with Crippen molar-refractivity contribution < 1.29 is 32.7 Å². The Hall–Kier alpha value is -2.77. The number of halogens is 3. The third-order valence-electron chi connectivity index (χ3n) is 2.83. The molecule has 1 aromatic carbocycles. The first-order valence-electron chi connectivity index (χ1n) is 5.96. The molecule has 2 aliphatic rings. The Balaban J connectivity index is 0.000000217. The summed E-state index contributed by atoms with van der Waals surface area (Å²) >= 11 is 0. The van der Waals surface area contributed by atoms with Crippen LogP contribution >= 0.6 is 0 Å². The average molecular weight is 311 g/mol. The minimum absolute atomic E-state index is 0.0453. The van der Waals surface area contributed by atoms with E-state index in [4.69, 9.17) is 9.90 Å². The number of fused-ring (bicyclic) bond motifs is 3. The van der Waals surface area contributed by atoms with Crippen LogP contribution in [-0.2, 0) is 14.4 Å². The molecule has 1 aliphatic heterocycles. The third-order valence-corrected chi connectivity index (χ3v) is 2.83. The van der Waals surface area contributed by atoms with E-state index in [1.54, 1.807) is 0 Å². The number of ketones is 2. The summed E-state index contributed by atoms with van der Waals surface area (Å²) in [6, 6.07) is 7.47. The molecule has 1 heterocycles. The highest BCUT2D eigenvalue weighted by Crippen LogP contribution is 2.36. The highest BCUT2D eigenvalue weighted by Gasteiger charge is 2.38. The molecule has 0 aromatic heterocycles. The van der Waals surface area contributed by atoms with E-state index >= 15 is 0 Å². The van der Waals surface area contributed by atoms with E-state index in [1.165, 1.54) is 6.08 Å². The number of nitrogens with zero attached hydrogens (tertiary/aromatic N) is 1. The van der Waals surface area contributed by atoms with Gasteiger partial charge >= 0.3 is 12.1 Å². The third kappa shape index (κ3) is 3.11. The number of Topliss-reactive ketones (excluding diaryl/α,β-unsaturated/α-hetero) is 1. The molecular weight excluding hydrogens is 303 g/mol. The molecule has 1 aromatic rings. The van der Waals surface area contributed by atoms with Gasteiger partial charge in [0.05, 0.1) is 12.1 Å². The van der Waals surface area contributed by atoms with Crippen molar-refractivity contribution in [2.45, 2.75) is 12.6 Å². The number of aliphatic carboxylic acids is 1. The molecule has 0 fully saturated rings. The van der Waals surface area contributed by atoms with Crippen LogP contribution in [0.5, 0.6) is 0 Å². The van der Waals surface area contributed by atoms with Gasteiger partial charge in [0.1, 0.15) is 5.71 Å². The summed E-state index contributed by atoms with van der Waals surface area (Å²) in [6.07, 6.45) is -3.61. The molecule has 0 radical (unpaired) electrons. The molecule has 0 saturated carbocycles. The molecule has 1 aliphatic carbocycles. The molecule has 114 valence electrons. The van der Waals surface area contributed by atoms with Crippen LogP contribution in [0.25, 0.3) is 5.57 Å². The Morgan fingerprint density at radius 1 is 1.18 bits per heavy atom. The number of allylic oxidation sites excluding steroid dienone is 2. The van der Waals surface area contributed by atoms with Crippen molar-refractivity contribution in [1.29, 1.82) is 0 Å². The molecule has 22 heavy (non-hydrogen) atoms. The number of rotatable bonds is 0. The quantitative estimate of drug-likeness (QED) is 0.745. The van der Waals surface area contributed by atoms with Gasteiger partial charge in [-0.25, -0.2) is 9.79 Å². The van der Waals surface area contributed by atoms with Crippen LogP contribution in [0.3, 0.4) is 0 Å². The summed E-state index contributed by atoms with van der Waals surface area (Å²) in [5.74, 6) is -3.06. The summed E-state index contributed by atoms with van der Waals surface area (Å²) in [7, 11) is 0. The zero-order chi connectivity index (χ0) is 16.5. The fourth-order valence-corrected chi connectivity index (χ4v) is 1.92. The Labute approximate surface area is 121 Å². The van der Waals surface area contributed by atoms with Gasteiger partial charge in [0.2, 0.25) is 0 Å². The summed E-state index contributed by atoms with van der Waals surface area (Å²) in [5, 5.41) is 7.12. The molecule has 0 bridgehead atoms. The topological polar surface area (TPSA) is 83.8 Å². The fraction of sp³-hybridized carbons (Fsp3) is 0.143. The lowest BCUT2D eigenvalue weighted by Gasteiger charge is -2.07. The van der Waals surface area contributed by atoms with Crippen LogP contribution in [0, 0.1) is 0 Å². The number of benzene rings is 1. The van der Waals surface area contributed by atoms with Gasteiger partial charge in [0, 0.05) is 11.1 Å². The molecule has 0 spiro atoms. The van der Waals surface area contributed by atoms with Crippen molar-refractivity contribution in [1.82, 2.24) is 0 Å². The smallest absolute Gasteiger partial charge is 0.475 e. The van der Waals surface area contributed by atoms with Crippen molar-refractivity contribution in [2.75, 3.05) is 0 Å². The largest absolute Gasteiger partial charge is 0.490 e. The summed E-state index contributed by atoms with van der Waals surface area (Å²) in [5.41, 5.74) is 2.79. The van der Waals surface area contributed by atoms with Crippen LogP contribution in [0.1, 0.15) is 12.0 Å². The van der Waals surface area contributed by atoms with E-state index < -0.39 is 12.1 Å². The van der Waals surface area contributed by atoms with Crippen LogP contribution in [0.2, 0.25) is 0 Å². The van der Waals surface area contributed by atoms with Gasteiger partial charge < -0.3 is 5.11 Å². The Kier molecular flexibility index (Phi) is 3.94. The number of alkyl halides is 3. The van der Waals surface area contributed by atoms with Gasteiger partial charge in [-0.05, 0) is 12.1 Å². The average Bonchev–Trinajstić information content (AvgIpc) is 2.78. The molecule has 8 heteroatoms. The lowest BCUT2D eigenvalue weighted by Crippen LogP contribution is -2.22. The molecule has 0 atom stereocenters. The lowest BCUT2D eigenvalue weighted by atomic mass is 9.92. The fourth-order valence-electron chi connectivity index (χ4n) is 1.92. The number of carbonyl (C=O) groups excluding carboxylic acids is 2. The van der Waals surface area contributed by atoms with Crippen LogP contribution < -0.4 is 0 Å². The Morgan fingerprint density at radius 2 is 1.77 bits per heavy atom. The van der Waals surface area contributed by atoms with Crippen molar-refractivity contribution in [2.24, 2.45) is 4.99 Å². The number of hydrogen-bond acceptors (Lipinski definition) is 4. The predicted octanol–water partition coefficient (Wildman–Crippen LogP) is 2.33. The van der Waals surface area contributed by atoms with E-state index in [2.05, 4.69) is 4.99 Å². The van der Waals surface area contributed by atoms with E-state index in [-0.39, 0.29) is 18.0 Å². The summed E-state index contributed by atoms with van der Waals surface area (Å²) in [6.45, 7) is 0. The van der Waals surface area contributed by atoms with Crippen LogP contribution in [-0.4, -0.2) is 34.5 Å². The van der Waals surface area contributed by atoms with E-state index in [1.807, 2.05) is 24.3 Å². The van der Waals surface area contributed by atoms with Gasteiger partial charge in [-0.2, -0.15) is 13.2 Å². The number of carbonyl (C=O) groups is 3. The SMILES string of the molecule is O=C(O)C(F)(F)F.O=C1C=C2C(=Nc3ccccc32)C(=O)C1. The van der Waals surface area contributed by atoms with Gasteiger partial charge in [0.15, 0.2) is 11.6 Å². The number of carboxylic acid groups (broad SMARTS) is 1. The molecule has 3 rings (SSSR count). The molecule has 5 nitrogen and oxygen atoms in total. The molecule has 0 unspecified atom stereocenters. The second kappa shape index (κ2) is 5.55. The Morgan fingerprint density at radius 3 is 2.36 bits per heavy atom. The number of para-hydroxylation sites is 1. The summed E-state index contributed by atoms with van der Waals surface area (Å²) in [4.78, 5) is 36.0. The van der Waals surface area contributed by atoms with E-state index in [9.17, 15) is 22.8 Å². The van der Waals surface area contributed by atoms with Crippen molar-refractivity contribution in [3.63, 3.8) is 0 Å². The predicted molar refractivity (Wildman–Crippen MR) is 69.8 cm³/mol. The number of aliphatic imine (C=N–C) groups is 1. The highest BCUT2D eigenvalue weighted by atomic mass is 19.4. The Bertz CT molecular complexity index is 732. The van der Waals surface area contributed by atoms with Gasteiger partial charge in [-0.3, -0.25) is 9.59 Å².